The fraction of sp³-hybridized carbons (Fsp3) is 0.500. The van der Waals surface area contributed by atoms with Crippen LogP contribution in [0.5, 0.6) is 0 Å². The smallest absolute Gasteiger partial charge is 0.270 e. The number of rotatable bonds is 6. The van der Waals surface area contributed by atoms with Gasteiger partial charge in [0.2, 0.25) is 0 Å². The average molecular weight is 345 g/mol. The van der Waals surface area contributed by atoms with Crippen LogP contribution in [0.3, 0.4) is 0 Å². The number of nitro groups is 1. The van der Waals surface area contributed by atoms with E-state index in [1.54, 1.807) is 18.3 Å². The van der Waals surface area contributed by atoms with Crippen molar-refractivity contribution < 1.29 is 14.4 Å². The van der Waals surface area contributed by atoms with E-state index < -0.39 is 4.92 Å². The number of aromatic nitrogens is 1. The van der Waals surface area contributed by atoms with Crippen molar-refractivity contribution in [2.24, 2.45) is 5.92 Å². The maximum absolute atomic E-state index is 10.9. The number of non-ortho nitro benzene ring substituents is 1. The zero-order valence-corrected chi connectivity index (χ0v) is 14.3. The molecule has 0 saturated carbocycles. The first-order valence-corrected chi connectivity index (χ1v) is 8.63. The number of oxazole rings is 1. The van der Waals surface area contributed by atoms with Crippen molar-refractivity contribution in [2.45, 2.75) is 32.3 Å². The largest absolute Gasteiger partial charge is 0.441 e. The minimum absolute atomic E-state index is 0.0351. The lowest BCUT2D eigenvalue weighted by Crippen LogP contribution is -2.40. The van der Waals surface area contributed by atoms with Gasteiger partial charge in [-0.25, -0.2) is 4.98 Å². The van der Waals surface area contributed by atoms with Gasteiger partial charge in [0, 0.05) is 37.2 Å². The van der Waals surface area contributed by atoms with Crippen LogP contribution in [0.1, 0.15) is 25.7 Å². The lowest BCUT2D eigenvalue weighted by molar-refractivity contribution is -0.384. The number of aliphatic hydroxyl groups is 1. The molecule has 0 radical (unpaired) electrons. The number of likely N-dealkylation sites (tertiary alicyclic amines) is 1. The molecule has 0 spiro atoms. The molecule has 1 aromatic carbocycles. The predicted octanol–water partition coefficient (Wildman–Crippen LogP) is 2.89. The molecular formula is C18H23N3O4. The fourth-order valence-electron chi connectivity index (χ4n) is 3.27. The maximum Gasteiger partial charge on any atom is 0.270 e. The molecule has 1 aliphatic heterocycles. The maximum atomic E-state index is 10.9. The Labute approximate surface area is 146 Å². The number of hydrogen-bond acceptors (Lipinski definition) is 6. The van der Waals surface area contributed by atoms with E-state index in [0.717, 1.165) is 32.5 Å². The van der Waals surface area contributed by atoms with E-state index in [0.29, 0.717) is 29.6 Å². The van der Waals surface area contributed by atoms with Crippen LogP contribution < -0.4 is 0 Å². The Bertz CT molecular complexity index is 729. The van der Waals surface area contributed by atoms with Gasteiger partial charge >= 0.3 is 0 Å². The van der Waals surface area contributed by atoms with E-state index in [-0.39, 0.29) is 11.8 Å². The number of nitrogens with zero attached hydrogens (tertiary/aromatic N) is 3. The molecule has 0 amide bonds. The summed E-state index contributed by atoms with van der Waals surface area (Å²) in [6, 6.07) is 6.35. The number of piperidine rings is 1. The van der Waals surface area contributed by atoms with E-state index in [1.807, 2.05) is 6.92 Å². The first kappa shape index (κ1) is 17.6. The van der Waals surface area contributed by atoms with Crippen LogP contribution in [0.4, 0.5) is 5.69 Å². The molecule has 1 saturated heterocycles. The second-order valence-electron chi connectivity index (χ2n) is 6.62. The molecule has 1 aromatic heterocycles. The third-order valence-electron chi connectivity index (χ3n) is 4.76. The van der Waals surface area contributed by atoms with E-state index >= 15 is 0 Å². The van der Waals surface area contributed by atoms with Crippen molar-refractivity contribution in [3.63, 3.8) is 0 Å². The average Bonchev–Trinajstić information content (AvgIpc) is 3.09. The lowest BCUT2D eigenvalue weighted by Gasteiger charge is -2.33. The van der Waals surface area contributed by atoms with E-state index in [2.05, 4.69) is 9.88 Å². The summed E-state index contributed by atoms with van der Waals surface area (Å²) in [5.41, 5.74) is 0.688. The lowest BCUT2D eigenvalue weighted by atomic mass is 9.93. The topological polar surface area (TPSA) is 92.6 Å². The van der Waals surface area contributed by atoms with Gasteiger partial charge in [0.05, 0.1) is 17.2 Å². The second kappa shape index (κ2) is 7.76. The molecule has 0 aliphatic carbocycles. The number of hydrogen-bond donors (Lipinski definition) is 1. The Morgan fingerprint density at radius 1 is 1.52 bits per heavy atom. The van der Waals surface area contributed by atoms with E-state index in [4.69, 9.17) is 4.42 Å². The van der Waals surface area contributed by atoms with Crippen LogP contribution >= 0.6 is 0 Å². The highest BCUT2D eigenvalue weighted by Crippen LogP contribution is 2.25. The third-order valence-corrected chi connectivity index (χ3v) is 4.76. The van der Waals surface area contributed by atoms with E-state index in [1.165, 1.54) is 12.1 Å². The van der Waals surface area contributed by atoms with Crippen molar-refractivity contribution >= 4 is 5.69 Å². The summed E-state index contributed by atoms with van der Waals surface area (Å²) in [7, 11) is 0. The van der Waals surface area contributed by atoms with Gasteiger partial charge < -0.3 is 14.4 Å². The number of benzene rings is 1. The molecule has 1 N–H and O–H groups in total. The zero-order chi connectivity index (χ0) is 17.8. The summed E-state index contributed by atoms with van der Waals surface area (Å²) in [4.78, 5) is 17.1. The summed E-state index contributed by atoms with van der Waals surface area (Å²) in [5, 5.41) is 20.6. The van der Waals surface area contributed by atoms with Gasteiger partial charge in [-0.05, 0) is 32.2 Å². The molecule has 2 atom stereocenters. The highest BCUT2D eigenvalue weighted by atomic mass is 16.6. The van der Waals surface area contributed by atoms with E-state index in [9.17, 15) is 15.2 Å². The minimum Gasteiger partial charge on any atom is -0.441 e. The fourth-order valence-corrected chi connectivity index (χ4v) is 3.27. The summed E-state index contributed by atoms with van der Waals surface area (Å²) >= 11 is 0. The summed E-state index contributed by atoms with van der Waals surface area (Å²) in [5.74, 6) is 1.50. The molecule has 2 unspecified atom stereocenters. The van der Waals surface area contributed by atoms with Gasteiger partial charge in [-0.15, -0.1) is 0 Å². The highest BCUT2D eigenvalue weighted by molar-refractivity contribution is 5.60. The monoisotopic (exact) mass is 345 g/mol. The molecule has 7 nitrogen and oxygen atoms in total. The molecule has 25 heavy (non-hydrogen) atoms. The molecule has 1 aliphatic rings. The predicted molar refractivity (Wildman–Crippen MR) is 93.1 cm³/mol. The van der Waals surface area contributed by atoms with Gasteiger partial charge in [-0.1, -0.05) is 12.1 Å². The van der Waals surface area contributed by atoms with Crippen molar-refractivity contribution in [1.82, 2.24) is 9.88 Å². The minimum atomic E-state index is -0.421. The van der Waals surface area contributed by atoms with Crippen molar-refractivity contribution in [1.29, 1.82) is 0 Å². The second-order valence-corrected chi connectivity index (χ2v) is 6.62. The first-order valence-electron chi connectivity index (χ1n) is 8.63. The van der Waals surface area contributed by atoms with Crippen LogP contribution in [-0.2, 0) is 6.42 Å². The summed E-state index contributed by atoms with van der Waals surface area (Å²) in [6.45, 7) is 4.61. The molecule has 134 valence electrons. The molecule has 3 rings (SSSR count). The Morgan fingerprint density at radius 2 is 2.36 bits per heavy atom. The molecule has 2 heterocycles. The molecule has 1 fully saturated rings. The van der Waals surface area contributed by atoms with Crippen molar-refractivity contribution in [2.75, 3.05) is 19.6 Å². The third kappa shape index (κ3) is 4.43. The van der Waals surface area contributed by atoms with Gasteiger partial charge in [0.1, 0.15) is 0 Å². The molecule has 0 bridgehead atoms. The normalized spacial score (nSPS) is 19.7. The Morgan fingerprint density at radius 3 is 3.12 bits per heavy atom. The van der Waals surface area contributed by atoms with Crippen LogP contribution in [0.25, 0.3) is 11.3 Å². The van der Waals surface area contributed by atoms with Gasteiger partial charge in [0.25, 0.3) is 5.69 Å². The van der Waals surface area contributed by atoms with Crippen LogP contribution in [0.15, 0.2) is 34.9 Å². The number of nitro benzene ring substituents is 1. The summed E-state index contributed by atoms with van der Waals surface area (Å²) in [6.07, 6.45) is 4.19. The zero-order valence-electron chi connectivity index (χ0n) is 14.3. The first-order chi connectivity index (χ1) is 12.0. The molecule has 7 heteroatoms. The quantitative estimate of drug-likeness (QED) is 0.639. The Balaban J connectivity index is 1.60. The molecular weight excluding hydrogens is 322 g/mol. The van der Waals surface area contributed by atoms with Crippen molar-refractivity contribution in [3.05, 3.63) is 46.5 Å². The Kier molecular flexibility index (Phi) is 5.45. The van der Waals surface area contributed by atoms with Crippen LogP contribution in [0.2, 0.25) is 0 Å². The van der Waals surface area contributed by atoms with Crippen molar-refractivity contribution in [3.8, 4) is 11.3 Å². The van der Waals surface area contributed by atoms with Gasteiger partial charge in [0.15, 0.2) is 11.7 Å². The number of aliphatic hydroxyl groups excluding tert-OH is 1. The van der Waals surface area contributed by atoms with Crippen LogP contribution in [0, 0.1) is 16.0 Å². The Hall–Kier alpha value is -2.25. The highest BCUT2D eigenvalue weighted by Gasteiger charge is 2.23. The summed E-state index contributed by atoms with van der Waals surface area (Å²) < 4.78 is 5.76. The van der Waals surface area contributed by atoms with Gasteiger partial charge in [-0.3, -0.25) is 10.1 Å². The van der Waals surface area contributed by atoms with Gasteiger partial charge in [-0.2, -0.15) is 0 Å². The SMILES string of the molecule is CC(O)C1CCCN(CCc2ncc(-c3cccc([N+](=O)[O-])c3)o2)C1. The van der Waals surface area contributed by atoms with Crippen LogP contribution in [-0.4, -0.2) is 45.7 Å². The standard InChI is InChI=1S/C18H23N3O4/c1-13(22)15-5-3-8-20(12-15)9-7-18-19-11-17(25-18)14-4-2-6-16(10-14)21(23)24/h2,4,6,10-11,13,15,22H,3,5,7-9,12H2,1H3. The molecule has 2 aromatic rings.